The van der Waals surface area contributed by atoms with E-state index in [1.807, 2.05) is 4.90 Å². The quantitative estimate of drug-likeness (QED) is 0.713. The molecule has 0 amide bonds. The summed E-state index contributed by atoms with van der Waals surface area (Å²) >= 11 is 0. The molecular weight excluding hydrogens is 238 g/mol. The van der Waals surface area contributed by atoms with Crippen LogP contribution in [-0.4, -0.2) is 61.6 Å². The minimum absolute atomic E-state index is 0.0279. The molecule has 0 fully saturated rings. The average Bonchev–Trinajstić information content (AvgIpc) is 2.39. The molecule has 18 heavy (non-hydrogen) atoms. The number of hydrogen-bond acceptors (Lipinski definition) is 6. The Hall–Kier alpha value is -1.73. The zero-order valence-corrected chi connectivity index (χ0v) is 10.5. The molecule has 1 rings (SSSR count). The van der Waals surface area contributed by atoms with E-state index in [1.54, 1.807) is 14.2 Å². The van der Waals surface area contributed by atoms with Crippen LogP contribution >= 0.6 is 0 Å². The Morgan fingerprint density at radius 1 is 1.33 bits per heavy atom. The van der Waals surface area contributed by atoms with Crippen LogP contribution in [0, 0.1) is 0 Å². The first-order valence-electron chi connectivity index (χ1n) is 5.48. The summed E-state index contributed by atoms with van der Waals surface area (Å²) in [4.78, 5) is 20.7. The van der Waals surface area contributed by atoms with Gasteiger partial charge in [0.2, 0.25) is 5.95 Å². The van der Waals surface area contributed by atoms with Crippen molar-refractivity contribution in [2.24, 2.45) is 0 Å². The summed E-state index contributed by atoms with van der Waals surface area (Å²) < 4.78 is 9.99. The van der Waals surface area contributed by atoms with Crippen molar-refractivity contribution in [1.29, 1.82) is 0 Å². The molecule has 0 aromatic carbocycles. The topological polar surface area (TPSA) is 84.8 Å². The fraction of sp³-hybridized carbons (Fsp3) is 0.545. The van der Waals surface area contributed by atoms with E-state index in [0.717, 1.165) is 0 Å². The molecule has 0 unspecified atom stereocenters. The van der Waals surface area contributed by atoms with Crippen molar-refractivity contribution in [3.63, 3.8) is 0 Å². The molecule has 7 heteroatoms. The zero-order valence-electron chi connectivity index (χ0n) is 10.5. The number of rotatable bonds is 8. The normalized spacial score (nSPS) is 10.3. The van der Waals surface area contributed by atoms with Gasteiger partial charge in [0.15, 0.2) is 5.69 Å². The van der Waals surface area contributed by atoms with Crippen molar-refractivity contribution in [3.05, 3.63) is 18.0 Å². The Morgan fingerprint density at radius 2 is 1.94 bits per heavy atom. The first-order valence-corrected chi connectivity index (χ1v) is 5.48. The van der Waals surface area contributed by atoms with Gasteiger partial charge in [-0.3, -0.25) is 0 Å². The summed E-state index contributed by atoms with van der Waals surface area (Å²) in [7, 11) is 3.20. The Balaban J connectivity index is 2.82. The maximum Gasteiger partial charge on any atom is 0.354 e. The second-order valence-electron chi connectivity index (χ2n) is 3.52. The van der Waals surface area contributed by atoms with Crippen molar-refractivity contribution in [1.82, 2.24) is 9.97 Å². The van der Waals surface area contributed by atoms with Crippen molar-refractivity contribution in [2.75, 3.05) is 45.4 Å². The predicted molar refractivity (Wildman–Crippen MR) is 65.0 cm³/mol. The van der Waals surface area contributed by atoms with E-state index in [9.17, 15) is 4.79 Å². The molecule has 0 radical (unpaired) electrons. The highest BCUT2D eigenvalue weighted by atomic mass is 16.5. The van der Waals surface area contributed by atoms with Gasteiger partial charge in [-0.2, -0.15) is 0 Å². The molecule has 0 aliphatic carbocycles. The van der Waals surface area contributed by atoms with E-state index >= 15 is 0 Å². The van der Waals surface area contributed by atoms with Crippen LogP contribution in [0.15, 0.2) is 12.3 Å². The van der Waals surface area contributed by atoms with E-state index in [-0.39, 0.29) is 5.69 Å². The minimum Gasteiger partial charge on any atom is -0.477 e. The van der Waals surface area contributed by atoms with E-state index in [4.69, 9.17) is 14.6 Å². The van der Waals surface area contributed by atoms with Gasteiger partial charge < -0.3 is 19.5 Å². The van der Waals surface area contributed by atoms with Crippen LogP contribution in [0.2, 0.25) is 0 Å². The number of carbonyl (C=O) groups is 1. The van der Waals surface area contributed by atoms with Crippen LogP contribution in [-0.2, 0) is 9.47 Å². The maximum atomic E-state index is 10.8. The molecule has 0 aliphatic rings. The molecule has 0 saturated heterocycles. The Bertz CT molecular complexity index is 378. The third kappa shape index (κ3) is 4.27. The van der Waals surface area contributed by atoms with Gasteiger partial charge in [-0.1, -0.05) is 0 Å². The van der Waals surface area contributed by atoms with Gasteiger partial charge in [-0.25, -0.2) is 14.8 Å². The molecule has 1 aromatic rings. The number of methoxy groups -OCH3 is 2. The minimum atomic E-state index is -1.07. The molecule has 1 N–H and O–H groups in total. The van der Waals surface area contributed by atoms with Gasteiger partial charge in [-0.05, 0) is 6.07 Å². The third-order valence-electron chi connectivity index (χ3n) is 2.28. The summed E-state index contributed by atoms with van der Waals surface area (Å²) in [5.74, 6) is -0.707. The lowest BCUT2D eigenvalue weighted by molar-refractivity contribution is 0.0690. The van der Waals surface area contributed by atoms with Crippen LogP contribution < -0.4 is 4.90 Å². The first-order chi connectivity index (χ1) is 8.69. The third-order valence-corrected chi connectivity index (χ3v) is 2.28. The van der Waals surface area contributed by atoms with Gasteiger partial charge in [0.1, 0.15) is 0 Å². The molecule has 1 aromatic heterocycles. The molecule has 0 aliphatic heterocycles. The highest BCUT2D eigenvalue weighted by molar-refractivity contribution is 5.85. The summed E-state index contributed by atoms with van der Waals surface area (Å²) in [6.45, 7) is 2.15. The van der Waals surface area contributed by atoms with Crippen molar-refractivity contribution in [2.45, 2.75) is 0 Å². The summed E-state index contributed by atoms with van der Waals surface area (Å²) in [5, 5.41) is 8.89. The van der Waals surface area contributed by atoms with Crippen LogP contribution in [0.3, 0.4) is 0 Å². The monoisotopic (exact) mass is 255 g/mol. The average molecular weight is 255 g/mol. The van der Waals surface area contributed by atoms with Gasteiger partial charge >= 0.3 is 5.97 Å². The second-order valence-corrected chi connectivity index (χ2v) is 3.52. The van der Waals surface area contributed by atoms with Gasteiger partial charge in [-0.15, -0.1) is 0 Å². The lowest BCUT2D eigenvalue weighted by Gasteiger charge is -2.21. The van der Waals surface area contributed by atoms with E-state index < -0.39 is 5.97 Å². The molecular formula is C11H17N3O4. The smallest absolute Gasteiger partial charge is 0.354 e. The lowest BCUT2D eigenvalue weighted by Crippen LogP contribution is -2.32. The van der Waals surface area contributed by atoms with Crippen LogP contribution in [0.1, 0.15) is 10.5 Å². The number of aromatic nitrogens is 2. The van der Waals surface area contributed by atoms with E-state index in [1.165, 1.54) is 12.3 Å². The number of hydrogen-bond donors (Lipinski definition) is 1. The van der Waals surface area contributed by atoms with E-state index in [2.05, 4.69) is 9.97 Å². The van der Waals surface area contributed by atoms with Crippen molar-refractivity contribution >= 4 is 11.9 Å². The fourth-order valence-electron chi connectivity index (χ4n) is 1.33. The Morgan fingerprint density at radius 3 is 2.44 bits per heavy atom. The number of anilines is 1. The maximum absolute atomic E-state index is 10.8. The molecule has 0 bridgehead atoms. The summed E-state index contributed by atoms with van der Waals surface area (Å²) in [6.07, 6.45) is 1.43. The molecule has 0 atom stereocenters. The standard InChI is InChI=1S/C11H17N3O4/c1-17-7-5-14(6-8-18-2)11-12-4-3-9(13-11)10(15)16/h3-4H,5-8H2,1-2H3,(H,15,16). The number of nitrogens with zero attached hydrogens (tertiary/aromatic N) is 3. The molecule has 1 heterocycles. The molecule has 100 valence electrons. The molecule has 7 nitrogen and oxygen atoms in total. The number of carboxylic acid groups (broad SMARTS) is 1. The first kappa shape index (κ1) is 14.3. The number of carboxylic acids is 1. The van der Waals surface area contributed by atoms with Gasteiger partial charge in [0.05, 0.1) is 13.2 Å². The summed E-state index contributed by atoms with van der Waals surface area (Å²) in [5.41, 5.74) is -0.0279. The molecule has 0 saturated carbocycles. The molecule has 0 spiro atoms. The van der Waals surface area contributed by atoms with Crippen molar-refractivity contribution < 1.29 is 19.4 Å². The fourth-order valence-corrected chi connectivity index (χ4v) is 1.33. The number of aromatic carboxylic acids is 1. The Kier molecular flexibility index (Phi) is 6.03. The van der Waals surface area contributed by atoms with Crippen LogP contribution in [0.4, 0.5) is 5.95 Å². The predicted octanol–water partition coefficient (Wildman–Crippen LogP) is 0.274. The van der Waals surface area contributed by atoms with Gasteiger partial charge in [0.25, 0.3) is 0 Å². The number of ether oxygens (including phenoxy) is 2. The van der Waals surface area contributed by atoms with Gasteiger partial charge in [0, 0.05) is 33.5 Å². The Labute approximate surface area is 105 Å². The van der Waals surface area contributed by atoms with Crippen molar-refractivity contribution in [3.8, 4) is 0 Å². The second kappa shape index (κ2) is 7.57. The SMILES string of the molecule is COCCN(CCOC)c1nccc(C(=O)O)n1. The van der Waals surface area contributed by atoms with E-state index in [0.29, 0.717) is 32.3 Å². The zero-order chi connectivity index (χ0) is 13.4. The summed E-state index contributed by atoms with van der Waals surface area (Å²) in [6, 6.07) is 1.36. The largest absolute Gasteiger partial charge is 0.477 e. The highest BCUT2D eigenvalue weighted by Gasteiger charge is 2.12. The highest BCUT2D eigenvalue weighted by Crippen LogP contribution is 2.07. The van der Waals surface area contributed by atoms with Crippen LogP contribution in [0.5, 0.6) is 0 Å². The van der Waals surface area contributed by atoms with Crippen LogP contribution in [0.25, 0.3) is 0 Å². The lowest BCUT2D eigenvalue weighted by atomic mass is 10.4.